The summed E-state index contributed by atoms with van der Waals surface area (Å²) in [6, 6.07) is 0.787. The van der Waals surface area contributed by atoms with Crippen LogP contribution in [0.2, 0.25) is 0 Å². The summed E-state index contributed by atoms with van der Waals surface area (Å²) in [5.41, 5.74) is 0. The molecular formula is C14H25N. The van der Waals surface area contributed by atoms with Crippen molar-refractivity contribution in [2.24, 2.45) is 5.92 Å². The molecule has 2 atom stereocenters. The van der Waals surface area contributed by atoms with Crippen molar-refractivity contribution in [2.75, 3.05) is 6.54 Å². The average molecular weight is 207 g/mol. The molecule has 1 N–H and O–H groups in total. The van der Waals surface area contributed by atoms with Crippen molar-refractivity contribution in [3.05, 3.63) is 0 Å². The highest BCUT2D eigenvalue weighted by molar-refractivity contribution is 4.83. The van der Waals surface area contributed by atoms with Crippen LogP contribution >= 0.6 is 0 Å². The SMILES string of the molecule is C#CCCCCNC1CCCCC1CC. The minimum Gasteiger partial charge on any atom is -0.314 e. The maximum Gasteiger partial charge on any atom is 0.00952 e. The van der Waals surface area contributed by atoms with Gasteiger partial charge in [-0.3, -0.25) is 0 Å². The lowest BCUT2D eigenvalue weighted by Crippen LogP contribution is -2.38. The van der Waals surface area contributed by atoms with Gasteiger partial charge < -0.3 is 5.32 Å². The van der Waals surface area contributed by atoms with E-state index in [1.807, 2.05) is 0 Å². The molecule has 1 rings (SSSR count). The lowest BCUT2D eigenvalue weighted by atomic mass is 9.83. The average Bonchev–Trinajstić information content (AvgIpc) is 2.29. The van der Waals surface area contributed by atoms with Gasteiger partial charge in [0, 0.05) is 12.5 Å². The molecule has 0 aromatic rings. The zero-order chi connectivity index (χ0) is 10.9. The molecule has 1 saturated carbocycles. The van der Waals surface area contributed by atoms with Gasteiger partial charge >= 0.3 is 0 Å². The molecule has 0 saturated heterocycles. The molecule has 1 aliphatic carbocycles. The van der Waals surface area contributed by atoms with E-state index in [2.05, 4.69) is 18.2 Å². The molecule has 15 heavy (non-hydrogen) atoms. The fourth-order valence-corrected chi connectivity index (χ4v) is 2.60. The Morgan fingerprint density at radius 3 is 2.80 bits per heavy atom. The van der Waals surface area contributed by atoms with Crippen LogP contribution in [0.15, 0.2) is 0 Å². The molecule has 0 aromatic heterocycles. The van der Waals surface area contributed by atoms with Gasteiger partial charge in [0.15, 0.2) is 0 Å². The van der Waals surface area contributed by atoms with Crippen LogP contribution in [0, 0.1) is 18.3 Å². The Bertz CT molecular complexity index is 192. The molecule has 0 bridgehead atoms. The van der Waals surface area contributed by atoms with Crippen molar-refractivity contribution in [3.63, 3.8) is 0 Å². The summed E-state index contributed by atoms with van der Waals surface area (Å²) in [6.45, 7) is 3.48. The first-order valence-corrected chi connectivity index (χ1v) is 6.55. The van der Waals surface area contributed by atoms with E-state index in [0.29, 0.717) is 0 Å². The predicted molar refractivity (Wildman–Crippen MR) is 66.7 cm³/mol. The first-order chi connectivity index (χ1) is 7.38. The van der Waals surface area contributed by atoms with Gasteiger partial charge in [-0.15, -0.1) is 12.3 Å². The minimum atomic E-state index is 0.787. The first kappa shape index (κ1) is 12.6. The Hall–Kier alpha value is -0.480. The largest absolute Gasteiger partial charge is 0.314 e. The monoisotopic (exact) mass is 207 g/mol. The van der Waals surface area contributed by atoms with E-state index in [4.69, 9.17) is 6.42 Å². The molecule has 1 aliphatic rings. The minimum absolute atomic E-state index is 0.787. The summed E-state index contributed by atoms with van der Waals surface area (Å²) in [5.74, 6) is 3.62. The zero-order valence-electron chi connectivity index (χ0n) is 10.1. The van der Waals surface area contributed by atoms with E-state index in [-0.39, 0.29) is 0 Å². The van der Waals surface area contributed by atoms with Crippen LogP contribution in [0.4, 0.5) is 0 Å². The lowest BCUT2D eigenvalue weighted by Gasteiger charge is -2.31. The van der Waals surface area contributed by atoms with E-state index in [1.165, 1.54) is 44.9 Å². The second-order valence-corrected chi connectivity index (χ2v) is 4.67. The summed E-state index contributed by atoms with van der Waals surface area (Å²) in [5, 5.41) is 3.71. The number of hydrogen-bond acceptors (Lipinski definition) is 1. The lowest BCUT2D eigenvalue weighted by molar-refractivity contribution is 0.255. The van der Waals surface area contributed by atoms with Crippen LogP contribution in [0.5, 0.6) is 0 Å². The quantitative estimate of drug-likeness (QED) is 0.520. The Morgan fingerprint density at radius 1 is 1.27 bits per heavy atom. The predicted octanol–water partition coefficient (Wildman–Crippen LogP) is 3.35. The number of hydrogen-bond donors (Lipinski definition) is 1. The summed E-state index contributed by atoms with van der Waals surface area (Å²) in [4.78, 5) is 0. The van der Waals surface area contributed by atoms with Crippen LogP contribution in [0.25, 0.3) is 0 Å². The van der Waals surface area contributed by atoms with Crippen LogP contribution in [0.3, 0.4) is 0 Å². The van der Waals surface area contributed by atoms with Crippen molar-refractivity contribution in [2.45, 2.75) is 64.3 Å². The Labute approximate surface area is 95.0 Å². The molecule has 1 fully saturated rings. The van der Waals surface area contributed by atoms with Crippen molar-refractivity contribution in [1.82, 2.24) is 5.32 Å². The topological polar surface area (TPSA) is 12.0 Å². The van der Waals surface area contributed by atoms with Gasteiger partial charge in [-0.1, -0.05) is 26.2 Å². The fourth-order valence-electron chi connectivity index (χ4n) is 2.60. The molecule has 0 spiro atoms. The highest BCUT2D eigenvalue weighted by Crippen LogP contribution is 2.26. The molecule has 1 heteroatoms. The third-order valence-electron chi connectivity index (χ3n) is 3.59. The molecule has 86 valence electrons. The fraction of sp³-hybridized carbons (Fsp3) is 0.857. The van der Waals surface area contributed by atoms with Crippen LogP contribution in [-0.2, 0) is 0 Å². The standard InChI is InChI=1S/C14H25N/c1-3-5-6-9-12-15-14-11-8-7-10-13(14)4-2/h1,13-15H,4-12H2,2H3. The summed E-state index contributed by atoms with van der Waals surface area (Å²) in [7, 11) is 0. The molecule has 0 aromatic carbocycles. The van der Waals surface area contributed by atoms with Crippen molar-refractivity contribution in [3.8, 4) is 12.3 Å². The molecule has 0 amide bonds. The van der Waals surface area contributed by atoms with Gasteiger partial charge in [0.05, 0.1) is 0 Å². The number of nitrogens with one attached hydrogen (secondary N) is 1. The normalized spacial score (nSPS) is 26.1. The molecular weight excluding hydrogens is 182 g/mol. The van der Waals surface area contributed by atoms with Gasteiger partial charge in [-0.2, -0.15) is 0 Å². The van der Waals surface area contributed by atoms with Crippen molar-refractivity contribution < 1.29 is 0 Å². The second-order valence-electron chi connectivity index (χ2n) is 4.67. The maximum atomic E-state index is 5.23. The van der Waals surface area contributed by atoms with E-state index >= 15 is 0 Å². The van der Waals surface area contributed by atoms with Crippen LogP contribution in [0.1, 0.15) is 58.3 Å². The van der Waals surface area contributed by atoms with Crippen molar-refractivity contribution in [1.29, 1.82) is 0 Å². The number of unbranched alkanes of at least 4 members (excludes halogenated alkanes) is 2. The van der Waals surface area contributed by atoms with E-state index in [9.17, 15) is 0 Å². The maximum absolute atomic E-state index is 5.23. The Kier molecular flexibility index (Phi) is 6.52. The molecule has 0 heterocycles. The summed E-state index contributed by atoms with van der Waals surface area (Å²) in [6.07, 6.45) is 15.6. The smallest absolute Gasteiger partial charge is 0.00952 e. The third kappa shape index (κ3) is 4.71. The van der Waals surface area contributed by atoms with Gasteiger partial charge in [0.1, 0.15) is 0 Å². The Balaban J connectivity index is 2.10. The highest BCUT2D eigenvalue weighted by atomic mass is 14.9. The van der Waals surface area contributed by atoms with Crippen LogP contribution in [-0.4, -0.2) is 12.6 Å². The van der Waals surface area contributed by atoms with Gasteiger partial charge in [-0.05, 0) is 38.1 Å². The Morgan fingerprint density at radius 2 is 2.07 bits per heavy atom. The van der Waals surface area contributed by atoms with Crippen LogP contribution < -0.4 is 5.32 Å². The molecule has 0 radical (unpaired) electrons. The van der Waals surface area contributed by atoms with Gasteiger partial charge in [0.2, 0.25) is 0 Å². The second kappa shape index (κ2) is 7.77. The molecule has 1 nitrogen and oxygen atoms in total. The van der Waals surface area contributed by atoms with Gasteiger partial charge in [0.25, 0.3) is 0 Å². The van der Waals surface area contributed by atoms with E-state index < -0.39 is 0 Å². The molecule has 2 unspecified atom stereocenters. The third-order valence-corrected chi connectivity index (χ3v) is 3.59. The van der Waals surface area contributed by atoms with Gasteiger partial charge in [-0.25, -0.2) is 0 Å². The summed E-state index contributed by atoms with van der Waals surface area (Å²) < 4.78 is 0. The van der Waals surface area contributed by atoms with E-state index in [0.717, 1.165) is 24.9 Å². The number of terminal acetylenes is 1. The van der Waals surface area contributed by atoms with Crippen molar-refractivity contribution >= 4 is 0 Å². The van der Waals surface area contributed by atoms with E-state index in [1.54, 1.807) is 0 Å². The highest BCUT2D eigenvalue weighted by Gasteiger charge is 2.22. The molecule has 0 aliphatic heterocycles. The zero-order valence-corrected chi connectivity index (χ0v) is 10.1. The summed E-state index contributed by atoms with van der Waals surface area (Å²) >= 11 is 0. The number of rotatable bonds is 6. The first-order valence-electron chi connectivity index (χ1n) is 6.55.